The van der Waals surface area contributed by atoms with E-state index in [1.165, 1.54) is 6.42 Å². The zero-order valence-corrected chi connectivity index (χ0v) is 15.4. The molecule has 0 spiro atoms. The fourth-order valence-electron chi connectivity index (χ4n) is 2.37. The number of aromatic nitrogens is 1. The third kappa shape index (κ3) is 4.85. The van der Waals surface area contributed by atoms with Gasteiger partial charge in [0.2, 0.25) is 0 Å². The van der Waals surface area contributed by atoms with Gasteiger partial charge in [-0.15, -0.1) is 35.3 Å². The van der Waals surface area contributed by atoms with Crippen molar-refractivity contribution >= 4 is 41.3 Å². The first-order valence-corrected chi connectivity index (χ1v) is 7.46. The molecule has 2 heterocycles. The Morgan fingerprint density at radius 3 is 3.05 bits per heavy atom. The zero-order valence-electron chi connectivity index (χ0n) is 12.3. The molecule has 20 heavy (non-hydrogen) atoms. The number of halogens is 1. The Labute approximate surface area is 141 Å². The number of nitrogens with one attached hydrogen (secondary N) is 1. The Morgan fingerprint density at radius 2 is 2.45 bits per heavy atom. The van der Waals surface area contributed by atoms with Crippen LogP contribution in [0.3, 0.4) is 0 Å². The number of guanidine groups is 1. The summed E-state index contributed by atoms with van der Waals surface area (Å²) < 4.78 is 5.22. The summed E-state index contributed by atoms with van der Waals surface area (Å²) in [6.45, 7) is 5.66. The van der Waals surface area contributed by atoms with E-state index in [0.717, 1.165) is 42.9 Å². The molecule has 1 aromatic rings. The standard InChI is InChI=1S/C13H22N4OS.HI/c1-10-9-19-12(16-10)6-15-13(14-2)17-5-4-11(7-17)8-18-3;/h9,11H,4-8H2,1-3H3,(H,14,15);1H. The Bertz CT molecular complexity index is 438. The Hall–Kier alpha value is -0.410. The second-order valence-corrected chi connectivity index (χ2v) is 5.78. The first kappa shape index (κ1) is 17.6. The highest BCUT2D eigenvalue weighted by atomic mass is 127. The summed E-state index contributed by atoms with van der Waals surface area (Å²) in [6.07, 6.45) is 1.17. The maximum Gasteiger partial charge on any atom is 0.194 e. The summed E-state index contributed by atoms with van der Waals surface area (Å²) in [5.74, 6) is 1.58. The van der Waals surface area contributed by atoms with E-state index in [1.807, 2.05) is 14.0 Å². The number of likely N-dealkylation sites (tertiary alicyclic amines) is 1. The number of rotatable bonds is 4. The van der Waals surface area contributed by atoms with Crippen LogP contribution in [0.2, 0.25) is 0 Å². The number of aryl methyl sites for hydroxylation is 1. The van der Waals surface area contributed by atoms with Crippen LogP contribution in [-0.2, 0) is 11.3 Å². The Kier molecular flexibility index (Phi) is 7.75. The molecular formula is C13H23IN4OS. The van der Waals surface area contributed by atoms with Crippen LogP contribution in [-0.4, -0.2) is 49.7 Å². The van der Waals surface area contributed by atoms with Gasteiger partial charge in [0.05, 0.1) is 13.2 Å². The molecular weight excluding hydrogens is 387 g/mol. The van der Waals surface area contributed by atoms with E-state index >= 15 is 0 Å². The topological polar surface area (TPSA) is 49.8 Å². The highest BCUT2D eigenvalue weighted by molar-refractivity contribution is 14.0. The summed E-state index contributed by atoms with van der Waals surface area (Å²) in [5, 5.41) is 6.56. The van der Waals surface area contributed by atoms with E-state index < -0.39 is 0 Å². The van der Waals surface area contributed by atoms with Crippen molar-refractivity contribution in [1.82, 2.24) is 15.2 Å². The van der Waals surface area contributed by atoms with Gasteiger partial charge in [0, 0.05) is 44.2 Å². The predicted molar refractivity (Wildman–Crippen MR) is 94.0 cm³/mol. The molecule has 0 aromatic carbocycles. The molecule has 0 aliphatic carbocycles. The van der Waals surface area contributed by atoms with Gasteiger partial charge in [-0.05, 0) is 13.3 Å². The van der Waals surface area contributed by atoms with Crippen LogP contribution in [0, 0.1) is 12.8 Å². The zero-order chi connectivity index (χ0) is 13.7. The maximum absolute atomic E-state index is 5.22. The first-order chi connectivity index (χ1) is 9.22. The lowest BCUT2D eigenvalue weighted by Crippen LogP contribution is -2.39. The number of ether oxygens (including phenoxy) is 1. The summed E-state index contributed by atoms with van der Waals surface area (Å²) in [5.41, 5.74) is 1.08. The highest BCUT2D eigenvalue weighted by Crippen LogP contribution is 2.16. The molecule has 0 radical (unpaired) electrons. The smallest absolute Gasteiger partial charge is 0.194 e. The van der Waals surface area contributed by atoms with Crippen LogP contribution < -0.4 is 5.32 Å². The van der Waals surface area contributed by atoms with Crippen molar-refractivity contribution in [2.45, 2.75) is 19.9 Å². The lowest BCUT2D eigenvalue weighted by atomic mass is 10.1. The third-order valence-corrected chi connectivity index (χ3v) is 4.23. The summed E-state index contributed by atoms with van der Waals surface area (Å²) in [4.78, 5) is 11.1. The van der Waals surface area contributed by atoms with E-state index in [9.17, 15) is 0 Å². The van der Waals surface area contributed by atoms with Crippen LogP contribution in [0.5, 0.6) is 0 Å². The number of hydrogen-bond acceptors (Lipinski definition) is 4. The van der Waals surface area contributed by atoms with Gasteiger partial charge in [-0.2, -0.15) is 0 Å². The predicted octanol–water partition coefficient (Wildman–Crippen LogP) is 2.11. The molecule has 1 fully saturated rings. The van der Waals surface area contributed by atoms with Crippen LogP contribution in [0.1, 0.15) is 17.1 Å². The molecule has 0 amide bonds. The van der Waals surface area contributed by atoms with E-state index in [4.69, 9.17) is 4.74 Å². The van der Waals surface area contributed by atoms with Crippen molar-refractivity contribution in [3.63, 3.8) is 0 Å². The SMILES string of the molecule is CN=C(NCc1nc(C)cs1)N1CCC(COC)C1.I. The summed E-state index contributed by atoms with van der Waals surface area (Å²) in [7, 11) is 3.60. The third-order valence-electron chi connectivity index (χ3n) is 3.26. The minimum atomic E-state index is 0. The molecule has 114 valence electrons. The first-order valence-electron chi connectivity index (χ1n) is 6.58. The highest BCUT2D eigenvalue weighted by Gasteiger charge is 2.24. The normalized spacial score (nSPS) is 19.1. The molecule has 1 aliphatic heterocycles. The van der Waals surface area contributed by atoms with Gasteiger partial charge >= 0.3 is 0 Å². The number of aliphatic imine (C=N–C) groups is 1. The molecule has 0 bridgehead atoms. The van der Waals surface area contributed by atoms with Gasteiger partial charge in [-0.25, -0.2) is 4.98 Å². The molecule has 1 N–H and O–H groups in total. The van der Waals surface area contributed by atoms with Crippen molar-refractivity contribution in [3.8, 4) is 0 Å². The van der Waals surface area contributed by atoms with Crippen molar-refractivity contribution in [2.24, 2.45) is 10.9 Å². The van der Waals surface area contributed by atoms with Crippen molar-refractivity contribution < 1.29 is 4.74 Å². The van der Waals surface area contributed by atoms with E-state index in [1.54, 1.807) is 18.4 Å². The summed E-state index contributed by atoms with van der Waals surface area (Å²) in [6, 6.07) is 0. The van der Waals surface area contributed by atoms with Gasteiger partial charge < -0.3 is 15.0 Å². The van der Waals surface area contributed by atoms with Gasteiger partial charge in [-0.1, -0.05) is 0 Å². The Balaban J connectivity index is 0.00000200. The maximum atomic E-state index is 5.22. The quantitative estimate of drug-likeness (QED) is 0.470. The van der Waals surface area contributed by atoms with Crippen molar-refractivity contribution in [3.05, 3.63) is 16.1 Å². The summed E-state index contributed by atoms with van der Waals surface area (Å²) >= 11 is 1.69. The average molecular weight is 410 g/mol. The molecule has 1 saturated heterocycles. The largest absolute Gasteiger partial charge is 0.384 e. The van der Waals surface area contributed by atoms with Gasteiger partial charge in [0.15, 0.2) is 5.96 Å². The van der Waals surface area contributed by atoms with E-state index in [-0.39, 0.29) is 24.0 Å². The average Bonchev–Trinajstić information content (AvgIpc) is 3.01. The molecule has 1 aliphatic rings. The van der Waals surface area contributed by atoms with E-state index in [0.29, 0.717) is 5.92 Å². The van der Waals surface area contributed by atoms with Crippen LogP contribution in [0.4, 0.5) is 0 Å². The molecule has 1 atom stereocenters. The lowest BCUT2D eigenvalue weighted by Gasteiger charge is -2.21. The second-order valence-electron chi connectivity index (χ2n) is 4.84. The number of methoxy groups -OCH3 is 1. The fourth-order valence-corrected chi connectivity index (χ4v) is 3.08. The minimum Gasteiger partial charge on any atom is -0.384 e. The van der Waals surface area contributed by atoms with Gasteiger partial charge in [0.1, 0.15) is 5.01 Å². The number of thiazole rings is 1. The lowest BCUT2D eigenvalue weighted by molar-refractivity contribution is 0.157. The number of nitrogens with zero attached hydrogens (tertiary/aromatic N) is 3. The van der Waals surface area contributed by atoms with Crippen LogP contribution in [0.25, 0.3) is 0 Å². The van der Waals surface area contributed by atoms with E-state index in [2.05, 4.69) is 25.6 Å². The second kappa shape index (κ2) is 8.78. The molecule has 1 aromatic heterocycles. The monoisotopic (exact) mass is 410 g/mol. The van der Waals surface area contributed by atoms with Gasteiger partial charge in [0.25, 0.3) is 0 Å². The molecule has 0 saturated carbocycles. The van der Waals surface area contributed by atoms with Crippen LogP contribution in [0.15, 0.2) is 10.4 Å². The number of hydrogen-bond donors (Lipinski definition) is 1. The van der Waals surface area contributed by atoms with Crippen LogP contribution >= 0.6 is 35.3 Å². The van der Waals surface area contributed by atoms with Crippen molar-refractivity contribution in [1.29, 1.82) is 0 Å². The molecule has 2 rings (SSSR count). The molecule has 7 heteroatoms. The molecule has 1 unspecified atom stereocenters. The minimum absolute atomic E-state index is 0. The van der Waals surface area contributed by atoms with Crippen molar-refractivity contribution in [2.75, 3.05) is 33.9 Å². The fraction of sp³-hybridized carbons (Fsp3) is 0.692. The van der Waals surface area contributed by atoms with Gasteiger partial charge in [-0.3, -0.25) is 4.99 Å². The molecule has 5 nitrogen and oxygen atoms in total. The Morgan fingerprint density at radius 1 is 1.65 bits per heavy atom.